The van der Waals surface area contributed by atoms with Crippen LogP contribution in [0.4, 0.5) is 17.5 Å². The summed E-state index contributed by atoms with van der Waals surface area (Å²) in [5, 5.41) is 23.5. The number of hydrogen-bond acceptors (Lipinski definition) is 8. The molecule has 148 valence electrons. The maximum atomic E-state index is 8.88. The Balaban J connectivity index is 0.000000640. The summed E-state index contributed by atoms with van der Waals surface area (Å²) in [6.45, 7) is 1.99. The quantitative estimate of drug-likeness (QED) is 0.398. The van der Waals surface area contributed by atoms with Gasteiger partial charge in [-0.05, 0) is 43.3 Å². The van der Waals surface area contributed by atoms with Gasteiger partial charge in [0, 0.05) is 35.2 Å². The molecule has 0 spiro atoms. The summed E-state index contributed by atoms with van der Waals surface area (Å²) >= 11 is 5.98. The van der Waals surface area contributed by atoms with Gasteiger partial charge >= 0.3 is 0 Å². The molecule has 1 unspecified atom stereocenters. The van der Waals surface area contributed by atoms with Crippen molar-refractivity contribution < 1.29 is 10.2 Å². The topological polar surface area (TPSA) is 129 Å². The molecule has 0 saturated carbocycles. The minimum atomic E-state index is -0.667. The van der Waals surface area contributed by atoms with Gasteiger partial charge < -0.3 is 26.6 Å². The molecular weight excluding hydrogens is 380 g/mol. The van der Waals surface area contributed by atoms with Crippen molar-refractivity contribution in [1.82, 2.24) is 15.0 Å². The van der Waals surface area contributed by atoms with Crippen LogP contribution >= 0.6 is 11.6 Å². The van der Waals surface area contributed by atoms with Crippen molar-refractivity contribution >= 4 is 29.1 Å². The highest BCUT2D eigenvalue weighted by Gasteiger charge is 2.05. The minimum absolute atomic E-state index is 0.0487. The summed E-state index contributed by atoms with van der Waals surface area (Å²) in [7, 11) is 0. The Morgan fingerprint density at radius 3 is 2.61 bits per heavy atom. The molecule has 0 aliphatic rings. The summed E-state index contributed by atoms with van der Waals surface area (Å²) in [5.41, 5.74) is 7.16. The predicted octanol–water partition coefficient (Wildman–Crippen LogP) is 2.62. The maximum absolute atomic E-state index is 8.88. The molecule has 0 bridgehead atoms. The van der Waals surface area contributed by atoms with Gasteiger partial charge in [0.2, 0.25) is 5.95 Å². The smallest absolute Gasteiger partial charge is 0.227 e. The predicted molar refractivity (Wildman–Crippen MR) is 111 cm³/mol. The fraction of sp³-hybridized carbons (Fsp3) is 0.211. The van der Waals surface area contributed by atoms with Gasteiger partial charge in [0.1, 0.15) is 5.82 Å². The van der Waals surface area contributed by atoms with Crippen LogP contribution in [0.15, 0.2) is 54.9 Å². The van der Waals surface area contributed by atoms with Crippen molar-refractivity contribution in [3.05, 3.63) is 59.9 Å². The van der Waals surface area contributed by atoms with Gasteiger partial charge in [-0.1, -0.05) is 17.7 Å². The molecule has 9 heteroatoms. The SMILES string of the molecule is CC(N)O.OCCNc1cc(-c2ccnc(Nc3cccc(Cl)c3)n2)ccn1. The fourth-order valence-electron chi connectivity index (χ4n) is 2.15. The van der Waals surface area contributed by atoms with E-state index in [1.807, 2.05) is 36.4 Å². The van der Waals surface area contributed by atoms with Gasteiger partial charge in [0.25, 0.3) is 0 Å². The molecule has 1 aromatic carbocycles. The first-order valence-corrected chi connectivity index (χ1v) is 8.96. The zero-order valence-corrected chi connectivity index (χ0v) is 16.1. The lowest BCUT2D eigenvalue weighted by Crippen LogP contribution is -2.11. The fourth-order valence-corrected chi connectivity index (χ4v) is 2.34. The summed E-state index contributed by atoms with van der Waals surface area (Å²) < 4.78 is 0. The van der Waals surface area contributed by atoms with Gasteiger partial charge in [-0.3, -0.25) is 0 Å². The molecule has 1 atom stereocenters. The number of benzene rings is 1. The molecule has 0 radical (unpaired) electrons. The van der Waals surface area contributed by atoms with Crippen molar-refractivity contribution in [2.24, 2.45) is 5.73 Å². The number of aliphatic hydroxyl groups excluding tert-OH is 2. The highest BCUT2D eigenvalue weighted by molar-refractivity contribution is 6.30. The van der Waals surface area contributed by atoms with E-state index in [0.717, 1.165) is 16.9 Å². The van der Waals surface area contributed by atoms with Gasteiger partial charge in [0.05, 0.1) is 18.5 Å². The number of aromatic nitrogens is 3. The number of pyridine rings is 1. The van der Waals surface area contributed by atoms with Gasteiger partial charge in [-0.2, -0.15) is 0 Å². The number of aliphatic hydroxyl groups is 2. The second-order valence-electron chi connectivity index (χ2n) is 5.72. The lowest BCUT2D eigenvalue weighted by molar-refractivity contribution is 0.203. The maximum Gasteiger partial charge on any atom is 0.227 e. The van der Waals surface area contributed by atoms with Crippen molar-refractivity contribution in [3.8, 4) is 11.3 Å². The molecular formula is C19H23ClN6O2. The number of hydrogen-bond donors (Lipinski definition) is 5. The van der Waals surface area contributed by atoms with E-state index in [1.165, 1.54) is 6.92 Å². The molecule has 0 aliphatic heterocycles. The highest BCUT2D eigenvalue weighted by Crippen LogP contribution is 2.22. The minimum Gasteiger partial charge on any atom is -0.395 e. The second-order valence-corrected chi connectivity index (χ2v) is 6.16. The van der Waals surface area contributed by atoms with E-state index in [0.29, 0.717) is 23.3 Å². The third-order valence-corrected chi connectivity index (χ3v) is 3.45. The largest absolute Gasteiger partial charge is 0.395 e. The zero-order valence-electron chi connectivity index (χ0n) is 15.4. The zero-order chi connectivity index (χ0) is 20.4. The lowest BCUT2D eigenvalue weighted by atomic mass is 10.2. The van der Waals surface area contributed by atoms with Crippen LogP contribution in [-0.4, -0.2) is 44.5 Å². The van der Waals surface area contributed by atoms with Crippen LogP contribution in [0.1, 0.15) is 6.92 Å². The number of nitrogens with zero attached hydrogens (tertiary/aromatic N) is 3. The lowest BCUT2D eigenvalue weighted by Gasteiger charge is -2.08. The van der Waals surface area contributed by atoms with Gasteiger partial charge in [-0.25, -0.2) is 15.0 Å². The second kappa shape index (κ2) is 11.2. The highest BCUT2D eigenvalue weighted by atomic mass is 35.5. The van der Waals surface area contributed by atoms with Crippen LogP contribution in [0.25, 0.3) is 11.3 Å². The molecule has 0 aliphatic carbocycles. The van der Waals surface area contributed by atoms with Crippen molar-refractivity contribution in [2.45, 2.75) is 13.2 Å². The monoisotopic (exact) mass is 402 g/mol. The molecule has 28 heavy (non-hydrogen) atoms. The molecule has 8 nitrogen and oxygen atoms in total. The first-order valence-electron chi connectivity index (χ1n) is 8.58. The Bertz CT molecular complexity index is 876. The van der Waals surface area contributed by atoms with E-state index >= 15 is 0 Å². The Morgan fingerprint density at radius 1 is 1.14 bits per heavy atom. The first kappa shape index (κ1) is 21.5. The molecule has 6 N–H and O–H groups in total. The number of rotatable bonds is 6. The average molecular weight is 403 g/mol. The molecule has 2 aromatic heterocycles. The van der Waals surface area contributed by atoms with Gasteiger partial charge in [0.15, 0.2) is 0 Å². The van der Waals surface area contributed by atoms with Crippen LogP contribution in [0.3, 0.4) is 0 Å². The van der Waals surface area contributed by atoms with E-state index in [4.69, 9.17) is 21.8 Å². The third kappa shape index (κ3) is 7.45. The Kier molecular flexibility index (Phi) is 8.57. The van der Waals surface area contributed by atoms with Gasteiger partial charge in [-0.15, -0.1) is 0 Å². The van der Waals surface area contributed by atoms with Crippen LogP contribution in [0.2, 0.25) is 5.02 Å². The molecule has 2 heterocycles. The van der Waals surface area contributed by atoms with Crippen molar-refractivity contribution in [1.29, 1.82) is 0 Å². The number of nitrogens with one attached hydrogen (secondary N) is 2. The summed E-state index contributed by atoms with van der Waals surface area (Å²) in [4.78, 5) is 13.0. The Labute approximate surface area is 168 Å². The molecule has 0 amide bonds. The van der Waals surface area contributed by atoms with E-state index in [9.17, 15) is 0 Å². The Morgan fingerprint density at radius 2 is 1.89 bits per heavy atom. The number of halogens is 1. The summed E-state index contributed by atoms with van der Waals surface area (Å²) in [6.07, 6.45) is 2.72. The van der Waals surface area contributed by atoms with E-state index < -0.39 is 6.23 Å². The van der Waals surface area contributed by atoms with Crippen LogP contribution in [0, 0.1) is 0 Å². The van der Waals surface area contributed by atoms with E-state index in [-0.39, 0.29) is 6.61 Å². The number of anilines is 3. The molecule has 3 rings (SSSR count). The summed E-state index contributed by atoms with van der Waals surface area (Å²) in [6, 6.07) is 12.9. The number of nitrogens with two attached hydrogens (primary N) is 1. The standard InChI is InChI=1S/C17H16ClN5O.C2H7NO/c18-13-2-1-3-14(11-13)22-17-21-7-5-15(23-17)12-4-6-19-16(10-12)20-8-9-24;1-2(3)4/h1-7,10-11,24H,8-9H2,(H,19,20)(H,21,22,23);2,4H,3H2,1H3. The van der Waals surface area contributed by atoms with Crippen LogP contribution < -0.4 is 16.4 Å². The molecule has 3 aromatic rings. The van der Waals surface area contributed by atoms with Crippen molar-refractivity contribution in [3.63, 3.8) is 0 Å². The normalized spacial score (nSPS) is 11.2. The van der Waals surface area contributed by atoms with Crippen molar-refractivity contribution in [2.75, 3.05) is 23.8 Å². The van der Waals surface area contributed by atoms with Crippen LogP contribution in [-0.2, 0) is 0 Å². The third-order valence-electron chi connectivity index (χ3n) is 3.21. The van der Waals surface area contributed by atoms with Crippen LogP contribution in [0.5, 0.6) is 0 Å². The molecule has 0 fully saturated rings. The first-order chi connectivity index (χ1) is 13.5. The average Bonchev–Trinajstić information content (AvgIpc) is 2.66. The summed E-state index contributed by atoms with van der Waals surface area (Å²) in [5.74, 6) is 1.17. The molecule has 0 saturated heterocycles. The van der Waals surface area contributed by atoms with E-state index in [2.05, 4.69) is 31.3 Å². The van der Waals surface area contributed by atoms with E-state index in [1.54, 1.807) is 18.5 Å². The Hall–Kier alpha value is -2.78.